The van der Waals surface area contributed by atoms with Crippen molar-refractivity contribution in [1.82, 2.24) is 5.32 Å². The van der Waals surface area contributed by atoms with Crippen LogP contribution < -0.4 is 5.32 Å². The topological polar surface area (TPSA) is 12.0 Å². The van der Waals surface area contributed by atoms with Crippen LogP contribution in [-0.2, 0) is 12.6 Å². The summed E-state index contributed by atoms with van der Waals surface area (Å²) in [7, 11) is 0. The molecule has 0 aliphatic heterocycles. The van der Waals surface area contributed by atoms with Crippen LogP contribution in [0.4, 0.5) is 13.2 Å². The second kappa shape index (κ2) is 7.67. The number of rotatable bonds is 7. The van der Waals surface area contributed by atoms with E-state index in [0.717, 1.165) is 31.4 Å². The summed E-state index contributed by atoms with van der Waals surface area (Å²) >= 11 is 0. The molecule has 1 aromatic rings. The number of nitrogens with one attached hydrogen (secondary N) is 1. The van der Waals surface area contributed by atoms with Gasteiger partial charge in [0.05, 0.1) is 5.56 Å². The third-order valence-electron chi connectivity index (χ3n) is 3.49. The molecule has 0 saturated heterocycles. The van der Waals surface area contributed by atoms with Crippen molar-refractivity contribution in [1.29, 1.82) is 0 Å². The van der Waals surface area contributed by atoms with Gasteiger partial charge >= 0.3 is 6.18 Å². The minimum atomic E-state index is -4.25. The lowest BCUT2D eigenvalue weighted by Gasteiger charge is -2.22. The monoisotopic (exact) mass is 287 g/mol. The van der Waals surface area contributed by atoms with Crippen molar-refractivity contribution in [3.05, 3.63) is 35.4 Å². The molecule has 0 bridgehead atoms. The molecule has 0 spiro atoms. The van der Waals surface area contributed by atoms with Crippen LogP contribution in [0.15, 0.2) is 24.3 Å². The lowest BCUT2D eigenvalue weighted by atomic mass is 9.96. The van der Waals surface area contributed by atoms with Crippen LogP contribution in [0, 0.1) is 5.92 Å². The first-order chi connectivity index (χ1) is 9.34. The summed E-state index contributed by atoms with van der Waals surface area (Å²) in [6.45, 7) is 7.44. The quantitative estimate of drug-likeness (QED) is 0.769. The van der Waals surface area contributed by atoms with Crippen LogP contribution in [0.25, 0.3) is 0 Å². The number of aryl methyl sites for hydroxylation is 1. The van der Waals surface area contributed by atoms with Crippen LogP contribution >= 0.6 is 0 Å². The summed E-state index contributed by atoms with van der Waals surface area (Å²) in [6.07, 6.45) is -1.41. The van der Waals surface area contributed by atoms with Crippen LogP contribution in [0.5, 0.6) is 0 Å². The summed E-state index contributed by atoms with van der Waals surface area (Å²) in [6, 6.07) is 5.91. The molecule has 1 nitrogen and oxygen atoms in total. The van der Waals surface area contributed by atoms with Crippen LogP contribution in [0.2, 0.25) is 0 Å². The Morgan fingerprint density at radius 3 is 2.15 bits per heavy atom. The summed E-state index contributed by atoms with van der Waals surface area (Å²) < 4.78 is 37.4. The maximum Gasteiger partial charge on any atom is 0.416 e. The first kappa shape index (κ1) is 17.0. The van der Waals surface area contributed by atoms with E-state index in [1.54, 1.807) is 12.1 Å². The molecule has 0 heterocycles. The van der Waals surface area contributed by atoms with Gasteiger partial charge in [-0.05, 0) is 49.4 Å². The number of hydrogen-bond acceptors (Lipinski definition) is 1. The normalized spacial score (nSPS) is 13.8. The second-order valence-corrected chi connectivity index (χ2v) is 5.54. The number of benzene rings is 1. The molecule has 1 N–H and O–H groups in total. The van der Waals surface area contributed by atoms with Crippen molar-refractivity contribution in [3.8, 4) is 0 Å². The summed E-state index contributed by atoms with van der Waals surface area (Å²) in [4.78, 5) is 0. The van der Waals surface area contributed by atoms with Crippen molar-refractivity contribution in [3.63, 3.8) is 0 Å². The van der Waals surface area contributed by atoms with Crippen molar-refractivity contribution < 1.29 is 13.2 Å². The van der Waals surface area contributed by atoms with Crippen molar-refractivity contribution in [2.45, 2.75) is 52.3 Å². The van der Waals surface area contributed by atoms with E-state index >= 15 is 0 Å². The minimum Gasteiger partial charge on any atom is -0.314 e. The predicted molar refractivity (Wildman–Crippen MR) is 76.7 cm³/mol. The van der Waals surface area contributed by atoms with Crippen LogP contribution in [-0.4, -0.2) is 12.6 Å². The Kier molecular flexibility index (Phi) is 6.53. The van der Waals surface area contributed by atoms with Crippen molar-refractivity contribution in [2.24, 2.45) is 5.92 Å². The molecule has 1 aromatic carbocycles. The lowest BCUT2D eigenvalue weighted by Crippen LogP contribution is -2.34. The summed E-state index contributed by atoms with van der Waals surface area (Å²) in [5.74, 6) is 0.524. The highest BCUT2D eigenvalue weighted by molar-refractivity contribution is 5.24. The van der Waals surface area contributed by atoms with Gasteiger partial charge < -0.3 is 5.32 Å². The van der Waals surface area contributed by atoms with Gasteiger partial charge in [-0.3, -0.25) is 0 Å². The van der Waals surface area contributed by atoms with E-state index in [0.29, 0.717) is 12.0 Å². The maximum atomic E-state index is 12.5. The molecule has 0 aliphatic rings. The molecule has 0 amide bonds. The maximum absolute atomic E-state index is 12.5. The molecule has 0 saturated carbocycles. The third kappa shape index (κ3) is 5.53. The van der Waals surface area contributed by atoms with E-state index < -0.39 is 11.7 Å². The van der Waals surface area contributed by atoms with E-state index in [1.165, 1.54) is 12.1 Å². The van der Waals surface area contributed by atoms with Crippen molar-refractivity contribution in [2.75, 3.05) is 6.54 Å². The summed E-state index contributed by atoms with van der Waals surface area (Å²) in [5.41, 5.74) is 0.382. The van der Waals surface area contributed by atoms with E-state index in [4.69, 9.17) is 0 Å². The fourth-order valence-corrected chi connectivity index (χ4v) is 2.18. The fourth-order valence-electron chi connectivity index (χ4n) is 2.18. The Morgan fingerprint density at radius 2 is 1.70 bits per heavy atom. The Bertz CT molecular complexity index is 382. The highest BCUT2D eigenvalue weighted by Crippen LogP contribution is 2.29. The first-order valence-electron chi connectivity index (χ1n) is 7.24. The Balaban J connectivity index is 2.55. The van der Waals surface area contributed by atoms with Gasteiger partial charge in [0.25, 0.3) is 0 Å². The molecular formula is C16H24F3N. The van der Waals surface area contributed by atoms with E-state index in [2.05, 4.69) is 26.1 Å². The molecule has 1 unspecified atom stereocenters. The zero-order valence-electron chi connectivity index (χ0n) is 12.4. The molecule has 0 fully saturated rings. The Morgan fingerprint density at radius 1 is 1.10 bits per heavy atom. The molecular weight excluding hydrogens is 263 g/mol. The molecule has 0 radical (unpaired) electrons. The number of alkyl halides is 3. The number of halogens is 3. The molecule has 0 aromatic heterocycles. The molecule has 114 valence electrons. The van der Waals surface area contributed by atoms with Crippen LogP contribution in [0.3, 0.4) is 0 Å². The van der Waals surface area contributed by atoms with E-state index in [9.17, 15) is 13.2 Å². The highest BCUT2D eigenvalue weighted by Gasteiger charge is 2.29. The average Bonchev–Trinajstić information content (AvgIpc) is 2.38. The minimum absolute atomic E-state index is 0.414. The van der Waals surface area contributed by atoms with Gasteiger partial charge in [-0.2, -0.15) is 13.2 Å². The van der Waals surface area contributed by atoms with Gasteiger partial charge in [-0.15, -0.1) is 0 Å². The molecule has 20 heavy (non-hydrogen) atoms. The summed E-state index contributed by atoms with van der Waals surface area (Å²) in [5, 5.41) is 3.49. The molecule has 1 atom stereocenters. The second-order valence-electron chi connectivity index (χ2n) is 5.54. The zero-order chi connectivity index (χ0) is 15.2. The largest absolute Gasteiger partial charge is 0.416 e. The average molecular weight is 287 g/mol. The standard InChI is InChI=1S/C16H24F3N/c1-4-11-20-15(12(2)3)10-7-13-5-8-14(9-6-13)16(17,18)19/h5-6,8-9,12,15,20H,4,7,10-11H2,1-3H3. The zero-order valence-corrected chi connectivity index (χ0v) is 12.4. The molecule has 1 rings (SSSR count). The van der Waals surface area contributed by atoms with Crippen molar-refractivity contribution >= 4 is 0 Å². The fraction of sp³-hybridized carbons (Fsp3) is 0.625. The predicted octanol–water partition coefficient (Wildman–Crippen LogP) is 4.66. The Labute approximate surface area is 119 Å². The molecule has 4 heteroatoms. The van der Waals surface area contributed by atoms with Gasteiger partial charge in [0.2, 0.25) is 0 Å². The SMILES string of the molecule is CCCNC(CCc1ccc(C(F)(F)F)cc1)C(C)C. The smallest absolute Gasteiger partial charge is 0.314 e. The van der Waals surface area contributed by atoms with Gasteiger partial charge in [-0.1, -0.05) is 32.9 Å². The lowest BCUT2D eigenvalue weighted by molar-refractivity contribution is -0.137. The number of hydrogen-bond donors (Lipinski definition) is 1. The highest BCUT2D eigenvalue weighted by atomic mass is 19.4. The van der Waals surface area contributed by atoms with Crippen LogP contribution in [0.1, 0.15) is 44.7 Å². The third-order valence-corrected chi connectivity index (χ3v) is 3.49. The van der Waals surface area contributed by atoms with Gasteiger partial charge in [0.1, 0.15) is 0 Å². The van der Waals surface area contributed by atoms with E-state index in [-0.39, 0.29) is 0 Å². The van der Waals surface area contributed by atoms with Gasteiger partial charge in [0.15, 0.2) is 0 Å². The first-order valence-corrected chi connectivity index (χ1v) is 7.24. The van der Waals surface area contributed by atoms with Gasteiger partial charge in [-0.25, -0.2) is 0 Å². The van der Waals surface area contributed by atoms with E-state index in [1.807, 2.05) is 0 Å². The van der Waals surface area contributed by atoms with Gasteiger partial charge in [0, 0.05) is 6.04 Å². The Hall–Kier alpha value is -1.03. The molecule has 0 aliphatic carbocycles.